The maximum absolute atomic E-state index is 13.7. The quantitative estimate of drug-likeness (QED) is 0.514. The van der Waals surface area contributed by atoms with E-state index in [1.807, 2.05) is 0 Å². The minimum absolute atomic E-state index is 0.0540. The van der Waals surface area contributed by atoms with E-state index in [0.29, 0.717) is 27.2 Å². The Labute approximate surface area is 162 Å². The van der Waals surface area contributed by atoms with E-state index in [9.17, 15) is 18.0 Å². The van der Waals surface area contributed by atoms with Crippen LogP contribution in [0.3, 0.4) is 0 Å². The lowest BCUT2D eigenvalue weighted by atomic mass is 10.1. The summed E-state index contributed by atoms with van der Waals surface area (Å²) in [4.78, 5) is 17.3. The number of aryl methyl sites for hydroxylation is 4. The molecule has 0 N–H and O–H groups in total. The van der Waals surface area contributed by atoms with Gasteiger partial charge >= 0.3 is 6.18 Å². The van der Waals surface area contributed by atoms with Crippen molar-refractivity contribution in [3.05, 3.63) is 52.9 Å². The monoisotopic (exact) mass is 403 g/mol. The molecule has 0 amide bonds. The van der Waals surface area contributed by atoms with Gasteiger partial charge in [-0.05, 0) is 32.9 Å². The van der Waals surface area contributed by atoms with Crippen LogP contribution < -0.4 is 0 Å². The van der Waals surface area contributed by atoms with Crippen molar-refractivity contribution in [2.75, 3.05) is 0 Å². The molecule has 4 aromatic rings. The van der Waals surface area contributed by atoms with E-state index < -0.39 is 17.8 Å². The number of fused-ring (bicyclic) bond motifs is 1. The lowest BCUT2D eigenvalue weighted by molar-refractivity contribution is -0.142. The summed E-state index contributed by atoms with van der Waals surface area (Å²) in [7, 11) is 1.66. The van der Waals surface area contributed by atoms with Gasteiger partial charge in [-0.15, -0.1) is 0 Å². The van der Waals surface area contributed by atoms with Crippen LogP contribution in [0.15, 0.2) is 24.5 Å². The Balaban J connectivity index is 1.99. The average molecular weight is 403 g/mol. The Morgan fingerprint density at radius 1 is 1.10 bits per heavy atom. The van der Waals surface area contributed by atoms with Crippen LogP contribution in [0.1, 0.15) is 33.1 Å². The minimum atomic E-state index is -4.70. The fraction of sp³-hybridized carbons (Fsp3) is 0.278. The molecule has 0 saturated heterocycles. The molecule has 11 heteroatoms. The van der Waals surface area contributed by atoms with Crippen LogP contribution in [0.5, 0.6) is 0 Å². The molecule has 0 aliphatic heterocycles. The van der Waals surface area contributed by atoms with Gasteiger partial charge in [0.2, 0.25) is 0 Å². The predicted molar refractivity (Wildman–Crippen MR) is 96.4 cm³/mol. The van der Waals surface area contributed by atoms with Crippen molar-refractivity contribution in [3.8, 4) is 11.3 Å². The zero-order valence-electron chi connectivity index (χ0n) is 16.0. The molecule has 0 aliphatic carbocycles. The second-order valence-electron chi connectivity index (χ2n) is 6.76. The second-order valence-corrected chi connectivity index (χ2v) is 6.76. The fourth-order valence-corrected chi connectivity index (χ4v) is 3.25. The van der Waals surface area contributed by atoms with Gasteiger partial charge < -0.3 is 0 Å². The molecule has 0 unspecified atom stereocenters. The number of rotatable bonds is 2. The lowest BCUT2D eigenvalue weighted by Gasteiger charge is -2.11. The Bertz CT molecular complexity index is 1260. The molecule has 0 bridgehead atoms. The molecule has 4 rings (SSSR count). The van der Waals surface area contributed by atoms with Gasteiger partial charge in [0, 0.05) is 24.5 Å². The summed E-state index contributed by atoms with van der Waals surface area (Å²) in [5, 5.41) is 12.0. The standard InChI is InChI=1S/C18H16F3N7O/c1-9-5-10(2)27(24-9)17(29)12-7-22-28-15(18(19,20)21)6-14(23-16(12)28)13-8-26(4)25-11(13)3/h5-8H,1-4H3. The Morgan fingerprint density at radius 2 is 1.83 bits per heavy atom. The number of hydrogen-bond acceptors (Lipinski definition) is 5. The molecule has 0 spiro atoms. The van der Waals surface area contributed by atoms with Gasteiger partial charge in [0.15, 0.2) is 11.3 Å². The lowest BCUT2D eigenvalue weighted by Crippen LogP contribution is -2.17. The molecule has 0 aliphatic rings. The summed E-state index contributed by atoms with van der Waals surface area (Å²) >= 11 is 0. The maximum atomic E-state index is 13.7. The number of hydrogen-bond donors (Lipinski definition) is 0. The Morgan fingerprint density at radius 3 is 2.38 bits per heavy atom. The van der Waals surface area contributed by atoms with Crippen molar-refractivity contribution < 1.29 is 18.0 Å². The average Bonchev–Trinajstić information content (AvgIpc) is 3.29. The number of carbonyl (C=O) groups excluding carboxylic acids is 1. The van der Waals surface area contributed by atoms with Crippen LogP contribution in [0, 0.1) is 20.8 Å². The van der Waals surface area contributed by atoms with Crippen LogP contribution >= 0.6 is 0 Å². The number of alkyl halides is 3. The van der Waals surface area contributed by atoms with E-state index in [4.69, 9.17) is 0 Å². The van der Waals surface area contributed by atoms with Crippen LogP contribution in [0.25, 0.3) is 16.9 Å². The highest BCUT2D eigenvalue weighted by Gasteiger charge is 2.36. The molecule has 0 atom stereocenters. The third kappa shape index (κ3) is 3.08. The Hall–Kier alpha value is -3.50. The first kappa shape index (κ1) is 18.8. The first-order valence-electron chi connectivity index (χ1n) is 8.61. The first-order chi connectivity index (χ1) is 13.6. The van der Waals surface area contributed by atoms with Gasteiger partial charge in [-0.25, -0.2) is 14.2 Å². The normalized spacial score (nSPS) is 12.1. The molecular formula is C18H16F3N7O. The molecule has 0 aromatic carbocycles. The van der Waals surface area contributed by atoms with Crippen molar-refractivity contribution in [2.24, 2.45) is 7.05 Å². The smallest absolute Gasteiger partial charge is 0.275 e. The van der Waals surface area contributed by atoms with Crippen molar-refractivity contribution in [2.45, 2.75) is 26.9 Å². The first-order valence-corrected chi connectivity index (χ1v) is 8.61. The summed E-state index contributed by atoms with van der Waals surface area (Å²) in [5.41, 5.74) is 0.868. The van der Waals surface area contributed by atoms with Gasteiger partial charge in [0.1, 0.15) is 5.56 Å². The molecule has 8 nitrogen and oxygen atoms in total. The summed E-state index contributed by atoms with van der Waals surface area (Å²) in [6, 6.07) is 2.60. The molecule has 29 heavy (non-hydrogen) atoms. The van der Waals surface area contributed by atoms with Crippen LogP contribution in [-0.2, 0) is 13.2 Å². The van der Waals surface area contributed by atoms with Crippen molar-refractivity contribution in [1.29, 1.82) is 0 Å². The number of halogens is 3. The number of carbonyl (C=O) groups is 1. The molecular weight excluding hydrogens is 387 g/mol. The number of aromatic nitrogens is 7. The van der Waals surface area contributed by atoms with Gasteiger partial charge in [-0.3, -0.25) is 9.48 Å². The molecule has 0 saturated carbocycles. The molecule has 0 radical (unpaired) electrons. The highest BCUT2D eigenvalue weighted by atomic mass is 19.4. The minimum Gasteiger partial charge on any atom is -0.275 e. The largest absolute Gasteiger partial charge is 0.433 e. The van der Waals surface area contributed by atoms with Gasteiger partial charge in [0.25, 0.3) is 5.91 Å². The van der Waals surface area contributed by atoms with E-state index in [-0.39, 0.29) is 16.9 Å². The van der Waals surface area contributed by atoms with Gasteiger partial charge in [0.05, 0.1) is 23.3 Å². The third-order valence-electron chi connectivity index (χ3n) is 4.48. The molecule has 0 fully saturated rings. The SMILES string of the molecule is Cc1cc(C)n(C(=O)c2cnn3c(C(F)(F)F)cc(-c4cn(C)nc4C)nc23)n1. The van der Waals surface area contributed by atoms with Crippen molar-refractivity contribution in [3.63, 3.8) is 0 Å². The van der Waals surface area contributed by atoms with Crippen molar-refractivity contribution >= 4 is 11.6 Å². The molecule has 4 aromatic heterocycles. The van der Waals surface area contributed by atoms with Crippen LogP contribution in [-0.4, -0.2) is 40.1 Å². The summed E-state index contributed by atoms with van der Waals surface area (Å²) in [6.07, 6.45) is -2.04. The maximum Gasteiger partial charge on any atom is 0.433 e. The summed E-state index contributed by atoms with van der Waals surface area (Å²) < 4.78 is 44.4. The van der Waals surface area contributed by atoms with E-state index in [1.54, 1.807) is 40.1 Å². The third-order valence-corrected chi connectivity index (χ3v) is 4.48. The highest BCUT2D eigenvalue weighted by Crippen LogP contribution is 2.33. The van der Waals surface area contributed by atoms with Gasteiger partial charge in [-0.2, -0.15) is 28.5 Å². The van der Waals surface area contributed by atoms with Crippen LogP contribution in [0.2, 0.25) is 0 Å². The summed E-state index contributed by atoms with van der Waals surface area (Å²) in [5.74, 6) is -0.605. The van der Waals surface area contributed by atoms with Crippen molar-refractivity contribution in [1.82, 2.24) is 34.2 Å². The highest BCUT2D eigenvalue weighted by molar-refractivity contribution is 6.01. The molecule has 4 heterocycles. The van der Waals surface area contributed by atoms with Crippen LogP contribution in [0.4, 0.5) is 13.2 Å². The molecule has 150 valence electrons. The van der Waals surface area contributed by atoms with E-state index in [0.717, 1.165) is 16.9 Å². The van der Waals surface area contributed by atoms with E-state index in [2.05, 4.69) is 20.3 Å². The topological polar surface area (TPSA) is 82.9 Å². The predicted octanol–water partition coefficient (Wildman–Crippen LogP) is 2.96. The Kier molecular flexibility index (Phi) is 4.07. The zero-order chi connectivity index (χ0) is 21.1. The number of nitrogens with zero attached hydrogens (tertiary/aromatic N) is 7. The second kappa shape index (κ2) is 6.26. The fourth-order valence-electron chi connectivity index (χ4n) is 3.25. The zero-order valence-corrected chi connectivity index (χ0v) is 16.0. The van der Waals surface area contributed by atoms with E-state index >= 15 is 0 Å². The van der Waals surface area contributed by atoms with Gasteiger partial charge in [-0.1, -0.05) is 0 Å². The summed E-state index contributed by atoms with van der Waals surface area (Å²) in [6.45, 7) is 5.07. The van der Waals surface area contributed by atoms with E-state index in [1.165, 1.54) is 4.68 Å².